The summed E-state index contributed by atoms with van der Waals surface area (Å²) in [5.74, 6) is 0.716. The van der Waals surface area contributed by atoms with Crippen LogP contribution in [0.5, 0.6) is 5.75 Å². The molecule has 0 bridgehead atoms. The Hall–Kier alpha value is -2.36. The minimum Gasteiger partial charge on any atom is -0.463 e. The molecule has 0 amide bonds. The predicted octanol–water partition coefficient (Wildman–Crippen LogP) is 6.11. The summed E-state index contributed by atoms with van der Waals surface area (Å²) >= 11 is 0. The van der Waals surface area contributed by atoms with Crippen molar-refractivity contribution in [3.8, 4) is 5.75 Å². The number of carbonyl (C=O) groups excluding carboxylic acids is 2. The molecule has 0 spiro atoms. The van der Waals surface area contributed by atoms with E-state index >= 15 is 0 Å². The van der Waals surface area contributed by atoms with Gasteiger partial charge in [-0.3, -0.25) is 4.79 Å². The van der Waals surface area contributed by atoms with Crippen LogP contribution in [0.15, 0.2) is 43.0 Å². The number of rotatable bonds is 11. The van der Waals surface area contributed by atoms with E-state index < -0.39 is 0 Å². The van der Waals surface area contributed by atoms with E-state index in [1.807, 2.05) is 18.2 Å². The second-order valence-electron chi connectivity index (χ2n) is 7.79. The van der Waals surface area contributed by atoms with Gasteiger partial charge >= 0.3 is 11.9 Å². The molecule has 29 heavy (non-hydrogen) atoms. The lowest BCUT2D eigenvalue weighted by atomic mass is 9.80. The molecular weight excluding hydrogens is 364 g/mol. The van der Waals surface area contributed by atoms with Crippen molar-refractivity contribution in [1.82, 2.24) is 0 Å². The molecule has 1 fully saturated rings. The van der Waals surface area contributed by atoms with Gasteiger partial charge in [0, 0.05) is 6.08 Å². The number of allylic oxidation sites excluding steroid dienone is 1. The van der Waals surface area contributed by atoms with E-state index in [9.17, 15) is 9.59 Å². The summed E-state index contributed by atoms with van der Waals surface area (Å²) < 4.78 is 10.7. The second-order valence-corrected chi connectivity index (χ2v) is 7.79. The Labute approximate surface area is 175 Å². The maximum absolute atomic E-state index is 12.4. The molecule has 0 N–H and O–H groups in total. The van der Waals surface area contributed by atoms with Gasteiger partial charge in [0.15, 0.2) is 0 Å². The fourth-order valence-corrected chi connectivity index (χ4v) is 3.63. The molecule has 1 saturated carbocycles. The molecule has 0 aliphatic heterocycles. The van der Waals surface area contributed by atoms with Gasteiger partial charge in [0.05, 0.1) is 12.5 Å². The SMILES string of the molecule is C=CCC1CCC(C(=O)Oc2ccc(/C=C/C(=O)OCCCCCC)cc2)CC1. The third-order valence-corrected chi connectivity index (χ3v) is 5.43. The van der Waals surface area contributed by atoms with Crippen LogP contribution in [-0.2, 0) is 14.3 Å². The van der Waals surface area contributed by atoms with Crippen LogP contribution in [0, 0.1) is 11.8 Å². The summed E-state index contributed by atoms with van der Waals surface area (Å²) in [4.78, 5) is 24.1. The Morgan fingerprint density at radius 1 is 1.07 bits per heavy atom. The van der Waals surface area contributed by atoms with Gasteiger partial charge in [-0.2, -0.15) is 0 Å². The number of hydrogen-bond donors (Lipinski definition) is 0. The van der Waals surface area contributed by atoms with Crippen LogP contribution in [0.3, 0.4) is 0 Å². The summed E-state index contributed by atoms with van der Waals surface area (Å²) in [5, 5.41) is 0. The van der Waals surface area contributed by atoms with Crippen LogP contribution >= 0.6 is 0 Å². The van der Waals surface area contributed by atoms with Crippen molar-refractivity contribution in [2.45, 2.75) is 64.7 Å². The van der Waals surface area contributed by atoms with Gasteiger partial charge in [0.2, 0.25) is 0 Å². The third-order valence-electron chi connectivity index (χ3n) is 5.43. The minimum absolute atomic E-state index is 0.0114. The zero-order valence-corrected chi connectivity index (χ0v) is 17.6. The molecule has 2 rings (SSSR count). The number of benzene rings is 1. The minimum atomic E-state index is -0.330. The normalized spacial score (nSPS) is 19.1. The highest BCUT2D eigenvalue weighted by Gasteiger charge is 2.27. The van der Waals surface area contributed by atoms with E-state index in [-0.39, 0.29) is 17.9 Å². The van der Waals surface area contributed by atoms with Gasteiger partial charge in [-0.05, 0) is 68.2 Å². The average Bonchev–Trinajstić information content (AvgIpc) is 2.74. The standard InChI is InChI=1S/C25H34O4/c1-3-5-6-7-19-28-24(26)18-13-21-11-16-23(17-12-21)29-25(27)22-14-9-20(8-4-2)10-15-22/h4,11-13,16-18,20,22H,2-3,5-10,14-15,19H2,1H3/b18-13+. The lowest BCUT2D eigenvalue weighted by Crippen LogP contribution is -2.25. The molecule has 0 atom stereocenters. The molecule has 0 saturated heterocycles. The zero-order valence-electron chi connectivity index (χ0n) is 17.6. The van der Waals surface area contributed by atoms with E-state index in [1.54, 1.807) is 18.2 Å². The van der Waals surface area contributed by atoms with Crippen LogP contribution in [0.25, 0.3) is 6.08 Å². The molecular formula is C25H34O4. The number of ether oxygens (including phenoxy) is 2. The van der Waals surface area contributed by atoms with Crippen LogP contribution in [0.4, 0.5) is 0 Å². The Balaban J connectivity index is 1.73. The van der Waals surface area contributed by atoms with Gasteiger partial charge < -0.3 is 9.47 Å². The molecule has 4 heteroatoms. The Morgan fingerprint density at radius 2 is 1.79 bits per heavy atom. The van der Waals surface area contributed by atoms with Crippen molar-refractivity contribution in [3.05, 3.63) is 48.6 Å². The molecule has 1 aliphatic rings. The summed E-state index contributed by atoms with van der Waals surface area (Å²) in [7, 11) is 0. The quantitative estimate of drug-likeness (QED) is 0.148. The maximum Gasteiger partial charge on any atom is 0.330 e. The average molecular weight is 399 g/mol. The van der Waals surface area contributed by atoms with E-state index in [0.29, 0.717) is 18.3 Å². The molecule has 158 valence electrons. The van der Waals surface area contributed by atoms with Crippen LogP contribution in [0.1, 0.15) is 70.3 Å². The molecule has 0 aromatic heterocycles. The molecule has 4 nitrogen and oxygen atoms in total. The number of carbonyl (C=O) groups is 2. The van der Waals surface area contributed by atoms with Crippen molar-refractivity contribution >= 4 is 18.0 Å². The number of esters is 2. The van der Waals surface area contributed by atoms with E-state index in [1.165, 1.54) is 12.5 Å². The zero-order chi connectivity index (χ0) is 20.9. The lowest BCUT2D eigenvalue weighted by Gasteiger charge is -2.26. The number of unbranched alkanes of at least 4 members (excludes halogenated alkanes) is 3. The predicted molar refractivity (Wildman–Crippen MR) is 116 cm³/mol. The first-order valence-electron chi connectivity index (χ1n) is 10.9. The summed E-state index contributed by atoms with van der Waals surface area (Å²) in [6.45, 7) is 6.41. The fourth-order valence-electron chi connectivity index (χ4n) is 3.63. The summed E-state index contributed by atoms with van der Waals surface area (Å²) in [6, 6.07) is 7.18. The van der Waals surface area contributed by atoms with Crippen molar-refractivity contribution in [2.75, 3.05) is 6.61 Å². The van der Waals surface area contributed by atoms with Crippen LogP contribution in [-0.4, -0.2) is 18.5 Å². The number of hydrogen-bond acceptors (Lipinski definition) is 4. The van der Waals surface area contributed by atoms with Gasteiger partial charge in [0.1, 0.15) is 5.75 Å². The van der Waals surface area contributed by atoms with Crippen LogP contribution < -0.4 is 4.74 Å². The highest BCUT2D eigenvalue weighted by Crippen LogP contribution is 2.32. The fraction of sp³-hybridized carbons (Fsp3) is 0.520. The van der Waals surface area contributed by atoms with Crippen molar-refractivity contribution in [2.24, 2.45) is 11.8 Å². The van der Waals surface area contributed by atoms with Gasteiger partial charge in [-0.15, -0.1) is 6.58 Å². The summed E-state index contributed by atoms with van der Waals surface area (Å²) in [5.41, 5.74) is 0.859. The Kier molecular flexibility index (Phi) is 10.3. The summed E-state index contributed by atoms with van der Waals surface area (Å²) in [6.07, 6.45) is 14.4. The topological polar surface area (TPSA) is 52.6 Å². The first-order chi connectivity index (χ1) is 14.1. The molecule has 1 aromatic carbocycles. The monoisotopic (exact) mass is 398 g/mol. The van der Waals surface area contributed by atoms with Gasteiger partial charge in [-0.25, -0.2) is 4.79 Å². The second kappa shape index (κ2) is 13.0. The van der Waals surface area contributed by atoms with Crippen LogP contribution in [0.2, 0.25) is 0 Å². The molecule has 1 aromatic rings. The van der Waals surface area contributed by atoms with Crippen molar-refractivity contribution < 1.29 is 19.1 Å². The molecule has 1 aliphatic carbocycles. The van der Waals surface area contributed by atoms with E-state index in [2.05, 4.69) is 13.5 Å². The highest BCUT2D eigenvalue weighted by atomic mass is 16.5. The highest BCUT2D eigenvalue weighted by molar-refractivity contribution is 5.87. The smallest absolute Gasteiger partial charge is 0.330 e. The van der Waals surface area contributed by atoms with Crippen molar-refractivity contribution in [3.63, 3.8) is 0 Å². The Bertz CT molecular complexity index is 667. The van der Waals surface area contributed by atoms with E-state index in [0.717, 1.165) is 56.9 Å². The molecule has 0 unspecified atom stereocenters. The third kappa shape index (κ3) is 8.68. The molecule has 0 radical (unpaired) electrons. The van der Waals surface area contributed by atoms with Crippen molar-refractivity contribution in [1.29, 1.82) is 0 Å². The largest absolute Gasteiger partial charge is 0.463 e. The van der Waals surface area contributed by atoms with E-state index in [4.69, 9.17) is 9.47 Å². The Morgan fingerprint density at radius 3 is 2.45 bits per heavy atom. The first-order valence-corrected chi connectivity index (χ1v) is 10.9. The van der Waals surface area contributed by atoms with Gasteiger partial charge in [-0.1, -0.05) is 44.4 Å². The maximum atomic E-state index is 12.4. The lowest BCUT2D eigenvalue weighted by molar-refractivity contribution is -0.140. The molecule has 0 heterocycles. The first kappa shape index (κ1) is 22.9. The van der Waals surface area contributed by atoms with Gasteiger partial charge in [0.25, 0.3) is 0 Å².